The van der Waals surface area contributed by atoms with Gasteiger partial charge in [-0.3, -0.25) is 4.79 Å². The van der Waals surface area contributed by atoms with E-state index in [1.807, 2.05) is 0 Å². The van der Waals surface area contributed by atoms with Crippen LogP contribution in [0.1, 0.15) is 16.2 Å². The number of aromatic nitrogens is 3. The van der Waals surface area contributed by atoms with Gasteiger partial charge in [-0.25, -0.2) is 9.78 Å². The quantitative estimate of drug-likeness (QED) is 0.604. The second-order valence-electron chi connectivity index (χ2n) is 2.90. The number of fused-ring (bicyclic) bond motifs is 1. The maximum absolute atomic E-state index is 11.0. The van der Waals surface area contributed by atoms with Gasteiger partial charge in [-0.2, -0.15) is 0 Å². The van der Waals surface area contributed by atoms with Crippen LogP contribution in [-0.2, 0) is 0 Å². The van der Waals surface area contributed by atoms with Crippen molar-refractivity contribution in [3.8, 4) is 0 Å². The fraction of sp³-hybridized carbons (Fsp3) is 0.125. The maximum atomic E-state index is 11.0. The number of carboxylic acid groups (broad SMARTS) is 1. The minimum Gasteiger partial charge on any atom is -0.478 e. The van der Waals surface area contributed by atoms with Gasteiger partial charge >= 0.3 is 5.97 Å². The molecule has 0 saturated carbocycles. The van der Waals surface area contributed by atoms with Gasteiger partial charge in [0.1, 0.15) is 5.82 Å². The highest BCUT2D eigenvalue weighted by Gasteiger charge is 2.12. The summed E-state index contributed by atoms with van der Waals surface area (Å²) in [5.41, 5.74) is 0.0766. The molecule has 0 saturated heterocycles. The Labute approximate surface area is 77.6 Å². The second-order valence-corrected chi connectivity index (χ2v) is 2.90. The van der Waals surface area contributed by atoms with Gasteiger partial charge in [-0.05, 0) is 6.92 Å². The standard InChI is InChI=1S/C8H7N3O3/c1-3-9-6-4(8(13)14)2-5(12)11-7(6)10-3/h2H,1H3,(H,13,14)(H2,9,10,11,12). The molecule has 2 aromatic rings. The van der Waals surface area contributed by atoms with Gasteiger partial charge in [-0.1, -0.05) is 0 Å². The number of nitrogens with zero attached hydrogens (tertiary/aromatic N) is 1. The molecule has 2 heterocycles. The Morgan fingerprint density at radius 1 is 1.50 bits per heavy atom. The highest BCUT2D eigenvalue weighted by Crippen LogP contribution is 2.11. The Bertz CT molecular complexity index is 567. The van der Waals surface area contributed by atoms with Crippen LogP contribution in [0, 0.1) is 6.92 Å². The van der Waals surface area contributed by atoms with Crippen molar-refractivity contribution in [2.45, 2.75) is 6.92 Å². The molecule has 3 N–H and O–H groups in total. The van der Waals surface area contributed by atoms with Crippen LogP contribution in [0.2, 0.25) is 0 Å². The van der Waals surface area contributed by atoms with Gasteiger partial charge in [0.05, 0.1) is 11.1 Å². The van der Waals surface area contributed by atoms with E-state index in [2.05, 4.69) is 15.0 Å². The van der Waals surface area contributed by atoms with Crippen molar-refractivity contribution in [2.24, 2.45) is 0 Å². The predicted octanol–water partition coefficient (Wildman–Crippen LogP) is 0.258. The minimum absolute atomic E-state index is 0.0654. The number of nitrogens with one attached hydrogen (secondary N) is 2. The Kier molecular flexibility index (Phi) is 1.63. The zero-order valence-corrected chi connectivity index (χ0v) is 7.29. The van der Waals surface area contributed by atoms with E-state index in [1.165, 1.54) is 0 Å². The van der Waals surface area contributed by atoms with E-state index in [4.69, 9.17) is 5.11 Å². The van der Waals surface area contributed by atoms with Gasteiger partial charge in [-0.15, -0.1) is 0 Å². The van der Waals surface area contributed by atoms with Crippen molar-refractivity contribution < 1.29 is 9.90 Å². The summed E-state index contributed by atoms with van der Waals surface area (Å²) in [4.78, 5) is 31.0. The average molecular weight is 193 g/mol. The molecule has 0 unspecified atom stereocenters. The van der Waals surface area contributed by atoms with Crippen LogP contribution in [0.3, 0.4) is 0 Å². The smallest absolute Gasteiger partial charge is 0.338 e. The zero-order chi connectivity index (χ0) is 10.3. The number of aromatic carboxylic acids is 1. The second kappa shape index (κ2) is 2.69. The lowest BCUT2D eigenvalue weighted by molar-refractivity contribution is 0.0698. The highest BCUT2D eigenvalue weighted by atomic mass is 16.4. The van der Waals surface area contributed by atoms with Crippen LogP contribution in [-0.4, -0.2) is 26.0 Å². The number of carboxylic acids is 1. The molecule has 2 aromatic heterocycles. The van der Waals surface area contributed by atoms with E-state index in [0.29, 0.717) is 11.3 Å². The van der Waals surface area contributed by atoms with Crippen LogP contribution in [0.5, 0.6) is 0 Å². The highest BCUT2D eigenvalue weighted by molar-refractivity contribution is 5.99. The number of aryl methyl sites for hydroxylation is 1. The molecule has 0 radical (unpaired) electrons. The molecule has 0 aliphatic carbocycles. The Balaban J connectivity index is 2.93. The third-order valence-corrected chi connectivity index (χ3v) is 1.84. The maximum Gasteiger partial charge on any atom is 0.338 e. The monoisotopic (exact) mass is 193 g/mol. The van der Waals surface area contributed by atoms with Crippen molar-refractivity contribution in [3.63, 3.8) is 0 Å². The molecule has 0 amide bonds. The molecular formula is C8H7N3O3. The molecule has 0 bridgehead atoms. The Morgan fingerprint density at radius 3 is 2.86 bits per heavy atom. The summed E-state index contributed by atoms with van der Waals surface area (Å²) in [6, 6.07) is 1.03. The van der Waals surface area contributed by atoms with Crippen LogP contribution in [0.4, 0.5) is 0 Å². The number of carbonyl (C=O) groups is 1. The van der Waals surface area contributed by atoms with Gasteiger partial charge in [0.15, 0.2) is 5.65 Å². The summed E-state index contributed by atoms with van der Waals surface area (Å²) in [5, 5.41) is 8.82. The molecule has 0 aliphatic rings. The van der Waals surface area contributed by atoms with Gasteiger partial charge in [0.25, 0.3) is 5.56 Å². The normalized spacial score (nSPS) is 10.6. The molecule has 0 spiro atoms. The number of imidazole rings is 1. The third-order valence-electron chi connectivity index (χ3n) is 1.84. The van der Waals surface area contributed by atoms with E-state index in [9.17, 15) is 9.59 Å². The third kappa shape index (κ3) is 1.17. The van der Waals surface area contributed by atoms with Gasteiger partial charge in [0, 0.05) is 6.07 Å². The number of hydrogen-bond donors (Lipinski definition) is 3. The molecule has 0 atom stereocenters. The van der Waals surface area contributed by atoms with Crippen LogP contribution >= 0.6 is 0 Å². The number of hydrogen-bond acceptors (Lipinski definition) is 3. The first kappa shape index (κ1) is 8.49. The SMILES string of the molecule is Cc1nc2[nH]c(=O)cc(C(=O)O)c2[nH]1. The van der Waals surface area contributed by atoms with E-state index < -0.39 is 11.5 Å². The fourth-order valence-electron chi connectivity index (χ4n) is 1.30. The molecule has 0 aromatic carbocycles. The number of pyridine rings is 1. The summed E-state index contributed by atoms with van der Waals surface area (Å²) >= 11 is 0. The fourth-order valence-corrected chi connectivity index (χ4v) is 1.30. The molecule has 72 valence electrons. The van der Waals surface area contributed by atoms with Crippen molar-refractivity contribution in [1.29, 1.82) is 0 Å². The van der Waals surface area contributed by atoms with Crippen molar-refractivity contribution in [3.05, 3.63) is 27.8 Å². The molecule has 2 rings (SSSR count). The number of rotatable bonds is 1. The minimum atomic E-state index is -1.15. The lowest BCUT2D eigenvalue weighted by atomic mass is 10.2. The first-order valence-electron chi connectivity index (χ1n) is 3.91. The average Bonchev–Trinajstić information content (AvgIpc) is 2.42. The van der Waals surface area contributed by atoms with Crippen molar-refractivity contribution >= 4 is 17.1 Å². The first-order chi connectivity index (χ1) is 6.58. The lowest BCUT2D eigenvalue weighted by Gasteiger charge is -1.93. The zero-order valence-electron chi connectivity index (χ0n) is 7.29. The van der Waals surface area contributed by atoms with E-state index in [-0.39, 0.29) is 11.2 Å². The van der Waals surface area contributed by atoms with Crippen LogP contribution in [0.15, 0.2) is 10.9 Å². The van der Waals surface area contributed by atoms with E-state index in [1.54, 1.807) is 6.92 Å². The van der Waals surface area contributed by atoms with Crippen molar-refractivity contribution in [2.75, 3.05) is 0 Å². The summed E-state index contributed by atoms with van der Waals surface area (Å²) < 4.78 is 0. The summed E-state index contributed by atoms with van der Waals surface area (Å²) in [6.07, 6.45) is 0. The molecule has 6 heteroatoms. The van der Waals surface area contributed by atoms with E-state index in [0.717, 1.165) is 6.07 Å². The topological polar surface area (TPSA) is 98.8 Å². The Hall–Kier alpha value is -2.11. The van der Waals surface area contributed by atoms with E-state index >= 15 is 0 Å². The summed E-state index contributed by atoms with van der Waals surface area (Å²) in [6.45, 7) is 1.68. The number of H-pyrrole nitrogens is 2. The molecule has 6 nitrogen and oxygen atoms in total. The molecule has 0 aliphatic heterocycles. The van der Waals surface area contributed by atoms with Crippen LogP contribution in [0.25, 0.3) is 11.2 Å². The largest absolute Gasteiger partial charge is 0.478 e. The predicted molar refractivity (Wildman–Crippen MR) is 48.4 cm³/mol. The van der Waals surface area contributed by atoms with Gasteiger partial charge in [0.2, 0.25) is 0 Å². The Morgan fingerprint density at radius 2 is 2.21 bits per heavy atom. The summed E-state index contributed by atoms with van der Waals surface area (Å²) in [7, 11) is 0. The van der Waals surface area contributed by atoms with Gasteiger partial charge < -0.3 is 15.1 Å². The molecule has 14 heavy (non-hydrogen) atoms. The lowest BCUT2D eigenvalue weighted by Crippen LogP contribution is -2.09. The first-order valence-corrected chi connectivity index (χ1v) is 3.91. The van der Waals surface area contributed by atoms with Crippen LogP contribution < -0.4 is 5.56 Å². The summed E-state index contributed by atoms with van der Waals surface area (Å²) in [5.74, 6) is -0.589. The van der Waals surface area contributed by atoms with Crippen molar-refractivity contribution in [1.82, 2.24) is 15.0 Å². The molecule has 0 fully saturated rings. The molecular weight excluding hydrogens is 186 g/mol. The number of aromatic amines is 2.